The Morgan fingerprint density at radius 3 is 2.72 bits per heavy atom. The Kier molecular flexibility index (Phi) is 5.97. The van der Waals surface area contributed by atoms with Crippen LogP contribution in [0.5, 0.6) is 0 Å². The lowest BCUT2D eigenvalue weighted by molar-refractivity contribution is 0.0983. The Morgan fingerprint density at radius 2 is 2.00 bits per heavy atom. The molecular formula is C16H31NO. The normalized spacial score (nSPS) is 37.0. The van der Waals surface area contributed by atoms with E-state index in [1.807, 2.05) is 0 Å². The summed E-state index contributed by atoms with van der Waals surface area (Å²) >= 11 is 0. The summed E-state index contributed by atoms with van der Waals surface area (Å²) in [7, 11) is 0. The molecule has 0 aromatic carbocycles. The van der Waals surface area contributed by atoms with Gasteiger partial charge in [-0.1, -0.05) is 26.2 Å². The van der Waals surface area contributed by atoms with Gasteiger partial charge in [-0.2, -0.15) is 0 Å². The van der Waals surface area contributed by atoms with Crippen LogP contribution in [0, 0.1) is 11.8 Å². The highest BCUT2D eigenvalue weighted by Crippen LogP contribution is 2.34. The lowest BCUT2D eigenvalue weighted by atomic mass is 9.74. The van der Waals surface area contributed by atoms with Crippen molar-refractivity contribution in [2.75, 3.05) is 6.61 Å². The average molecular weight is 253 g/mol. The smallest absolute Gasteiger partial charge is 0.0576 e. The summed E-state index contributed by atoms with van der Waals surface area (Å²) in [5.74, 6) is 1.75. The molecule has 1 aliphatic heterocycles. The summed E-state index contributed by atoms with van der Waals surface area (Å²) < 4.78 is 5.70. The van der Waals surface area contributed by atoms with Gasteiger partial charge in [0.15, 0.2) is 0 Å². The van der Waals surface area contributed by atoms with Crippen LogP contribution in [0.3, 0.4) is 0 Å². The molecule has 1 aliphatic carbocycles. The minimum Gasteiger partial charge on any atom is -0.378 e. The number of hydrogen-bond donors (Lipinski definition) is 1. The van der Waals surface area contributed by atoms with E-state index in [1.54, 1.807) is 0 Å². The number of hydrogen-bond acceptors (Lipinski definition) is 2. The van der Waals surface area contributed by atoms with E-state index in [4.69, 9.17) is 10.5 Å². The third-order valence-electron chi connectivity index (χ3n) is 4.97. The van der Waals surface area contributed by atoms with Crippen LogP contribution in [0.25, 0.3) is 0 Å². The fourth-order valence-corrected chi connectivity index (χ4v) is 3.87. The van der Waals surface area contributed by atoms with Crippen molar-refractivity contribution in [2.45, 2.75) is 83.3 Å². The summed E-state index contributed by atoms with van der Waals surface area (Å²) in [6.45, 7) is 3.30. The predicted molar refractivity (Wildman–Crippen MR) is 76.5 cm³/mol. The van der Waals surface area contributed by atoms with Crippen molar-refractivity contribution in [3.05, 3.63) is 0 Å². The van der Waals surface area contributed by atoms with Gasteiger partial charge in [-0.15, -0.1) is 0 Å². The second-order valence-electron chi connectivity index (χ2n) is 6.46. The van der Waals surface area contributed by atoms with Gasteiger partial charge in [0.05, 0.1) is 6.10 Å². The molecule has 0 aromatic heterocycles. The minimum absolute atomic E-state index is 0.475. The lowest BCUT2D eigenvalue weighted by Crippen LogP contribution is -2.36. The molecule has 2 nitrogen and oxygen atoms in total. The van der Waals surface area contributed by atoms with Crippen LogP contribution in [-0.4, -0.2) is 18.8 Å². The van der Waals surface area contributed by atoms with Crippen LogP contribution in [0.1, 0.15) is 71.1 Å². The monoisotopic (exact) mass is 253 g/mol. The zero-order chi connectivity index (χ0) is 12.8. The summed E-state index contributed by atoms with van der Waals surface area (Å²) in [6.07, 6.45) is 13.8. The van der Waals surface area contributed by atoms with Gasteiger partial charge in [0, 0.05) is 12.6 Å². The molecule has 0 radical (unpaired) electrons. The Balaban J connectivity index is 1.65. The van der Waals surface area contributed by atoms with Crippen molar-refractivity contribution in [3.63, 3.8) is 0 Å². The quantitative estimate of drug-likeness (QED) is 0.779. The number of ether oxygens (including phenoxy) is 1. The first-order valence-electron chi connectivity index (χ1n) is 8.16. The first kappa shape index (κ1) is 14.3. The van der Waals surface area contributed by atoms with Crippen LogP contribution in [0.2, 0.25) is 0 Å². The van der Waals surface area contributed by atoms with Crippen LogP contribution in [0.15, 0.2) is 0 Å². The fourth-order valence-electron chi connectivity index (χ4n) is 3.87. The maximum absolute atomic E-state index is 6.30. The molecule has 2 aliphatic rings. The molecule has 4 unspecified atom stereocenters. The number of rotatable bonds is 6. The van der Waals surface area contributed by atoms with E-state index < -0.39 is 0 Å². The van der Waals surface area contributed by atoms with Gasteiger partial charge in [0.2, 0.25) is 0 Å². The molecule has 1 saturated heterocycles. The first-order chi connectivity index (χ1) is 8.79. The summed E-state index contributed by atoms with van der Waals surface area (Å²) in [6, 6.07) is 0.475. The van der Waals surface area contributed by atoms with Crippen molar-refractivity contribution >= 4 is 0 Å². The molecule has 0 amide bonds. The van der Waals surface area contributed by atoms with Crippen molar-refractivity contribution in [3.8, 4) is 0 Å². The highest BCUT2D eigenvalue weighted by atomic mass is 16.5. The molecular weight excluding hydrogens is 222 g/mol. The lowest BCUT2D eigenvalue weighted by Gasteiger charge is -2.34. The molecule has 2 rings (SSSR count). The SMILES string of the molecule is CCCC1CCC(N)C(CCCC2CCCO2)C1. The highest BCUT2D eigenvalue weighted by Gasteiger charge is 2.27. The molecule has 0 aromatic rings. The largest absolute Gasteiger partial charge is 0.378 e. The standard InChI is InChI=1S/C16H31NO/c1-2-5-13-9-10-16(17)14(12-13)6-3-7-15-8-4-11-18-15/h13-16H,2-12,17H2,1H3. The van der Waals surface area contributed by atoms with Gasteiger partial charge in [-0.3, -0.25) is 0 Å². The first-order valence-corrected chi connectivity index (χ1v) is 8.16. The zero-order valence-electron chi connectivity index (χ0n) is 12.1. The summed E-state index contributed by atoms with van der Waals surface area (Å²) in [5, 5.41) is 0. The predicted octanol–water partition coefficient (Wildman–Crippen LogP) is 3.88. The van der Waals surface area contributed by atoms with E-state index in [2.05, 4.69) is 6.92 Å². The highest BCUT2D eigenvalue weighted by molar-refractivity contribution is 4.82. The summed E-state index contributed by atoms with van der Waals surface area (Å²) in [5.41, 5.74) is 6.30. The van der Waals surface area contributed by atoms with Crippen molar-refractivity contribution in [2.24, 2.45) is 17.6 Å². The Bertz CT molecular complexity index is 225. The molecule has 18 heavy (non-hydrogen) atoms. The van der Waals surface area contributed by atoms with E-state index in [1.165, 1.54) is 64.2 Å². The van der Waals surface area contributed by atoms with Crippen molar-refractivity contribution in [1.29, 1.82) is 0 Å². The summed E-state index contributed by atoms with van der Waals surface area (Å²) in [4.78, 5) is 0. The molecule has 4 atom stereocenters. The number of nitrogens with two attached hydrogens (primary N) is 1. The molecule has 2 heteroatoms. The molecule has 0 spiro atoms. The molecule has 1 saturated carbocycles. The topological polar surface area (TPSA) is 35.2 Å². The van der Waals surface area contributed by atoms with E-state index >= 15 is 0 Å². The van der Waals surface area contributed by atoms with Crippen LogP contribution in [-0.2, 0) is 4.74 Å². The van der Waals surface area contributed by atoms with Crippen molar-refractivity contribution in [1.82, 2.24) is 0 Å². The molecule has 2 fully saturated rings. The maximum atomic E-state index is 6.30. The van der Waals surface area contributed by atoms with Crippen LogP contribution < -0.4 is 5.73 Å². The maximum Gasteiger partial charge on any atom is 0.0576 e. The van der Waals surface area contributed by atoms with E-state index in [0.29, 0.717) is 12.1 Å². The zero-order valence-corrected chi connectivity index (χ0v) is 12.1. The second kappa shape index (κ2) is 7.49. The van der Waals surface area contributed by atoms with Gasteiger partial charge in [0.25, 0.3) is 0 Å². The van der Waals surface area contributed by atoms with Gasteiger partial charge in [-0.05, 0) is 56.8 Å². The third kappa shape index (κ3) is 4.24. The third-order valence-corrected chi connectivity index (χ3v) is 4.97. The average Bonchev–Trinajstić information content (AvgIpc) is 2.86. The van der Waals surface area contributed by atoms with Gasteiger partial charge < -0.3 is 10.5 Å². The fraction of sp³-hybridized carbons (Fsp3) is 1.00. The Hall–Kier alpha value is -0.0800. The van der Waals surface area contributed by atoms with Gasteiger partial charge >= 0.3 is 0 Å². The molecule has 2 N–H and O–H groups in total. The van der Waals surface area contributed by atoms with Gasteiger partial charge in [0.1, 0.15) is 0 Å². The second-order valence-corrected chi connectivity index (χ2v) is 6.46. The van der Waals surface area contributed by atoms with Gasteiger partial charge in [-0.25, -0.2) is 0 Å². The molecule has 106 valence electrons. The molecule has 0 bridgehead atoms. The Morgan fingerprint density at radius 1 is 1.11 bits per heavy atom. The van der Waals surface area contributed by atoms with E-state index in [-0.39, 0.29) is 0 Å². The van der Waals surface area contributed by atoms with Crippen LogP contribution >= 0.6 is 0 Å². The van der Waals surface area contributed by atoms with E-state index in [9.17, 15) is 0 Å². The van der Waals surface area contributed by atoms with Crippen LogP contribution in [0.4, 0.5) is 0 Å². The van der Waals surface area contributed by atoms with Crippen molar-refractivity contribution < 1.29 is 4.74 Å². The molecule has 1 heterocycles. The van der Waals surface area contributed by atoms with E-state index in [0.717, 1.165) is 18.4 Å². The minimum atomic E-state index is 0.475. The Labute approximate surface area is 113 Å².